The highest BCUT2D eigenvalue weighted by molar-refractivity contribution is 5.68. The summed E-state index contributed by atoms with van der Waals surface area (Å²) in [6, 6.07) is 5.47. The molecule has 0 aliphatic heterocycles. The van der Waals surface area contributed by atoms with Crippen molar-refractivity contribution in [3.05, 3.63) is 35.6 Å². The molecule has 0 saturated heterocycles. The van der Waals surface area contributed by atoms with Gasteiger partial charge in [-0.25, -0.2) is 9.18 Å². The minimum atomic E-state index is -0.583. The third kappa shape index (κ3) is 6.20. The highest BCUT2D eigenvalue weighted by Gasteiger charge is 2.19. The molecule has 106 valence electrons. The van der Waals surface area contributed by atoms with E-state index in [4.69, 9.17) is 4.74 Å². The van der Waals surface area contributed by atoms with Gasteiger partial charge in [-0.2, -0.15) is 0 Å². The van der Waals surface area contributed by atoms with Crippen molar-refractivity contribution in [2.24, 2.45) is 0 Å². The van der Waals surface area contributed by atoms with E-state index >= 15 is 0 Å². The zero-order valence-electron chi connectivity index (χ0n) is 11.4. The molecule has 0 heterocycles. The first kappa shape index (κ1) is 15.4. The zero-order valence-corrected chi connectivity index (χ0v) is 11.4. The Bertz CT molecular complexity index is 412. The number of rotatable bonds is 4. The van der Waals surface area contributed by atoms with Crippen LogP contribution in [-0.2, 0) is 11.2 Å². The monoisotopic (exact) mass is 269 g/mol. The van der Waals surface area contributed by atoms with E-state index in [1.807, 2.05) is 0 Å². The maximum atomic E-state index is 12.8. The molecular formula is C14H20FNO3. The zero-order chi connectivity index (χ0) is 14.5. The maximum Gasteiger partial charge on any atom is 0.407 e. The molecule has 19 heavy (non-hydrogen) atoms. The second-order valence-corrected chi connectivity index (χ2v) is 5.36. The predicted molar refractivity (Wildman–Crippen MR) is 70.3 cm³/mol. The Morgan fingerprint density at radius 1 is 1.37 bits per heavy atom. The smallest absolute Gasteiger partial charge is 0.407 e. The fraction of sp³-hybridized carbons (Fsp3) is 0.500. The van der Waals surface area contributed by atoms with Gasteiger partial charge in [0.05, 0.1) is 12.6 Å². The Balaban J connectivity index is 2.54. The van der Waals surface area contributed by atoms with Crippen LogP contribution in [0.5, 0.6) is 0 Å². The van der Waals surface area contributed by atoms with Gasteiger partial charge >= 0.3 is 6.09 Å². The summed E-state index contributed by atoms with van der Waals surface area (Å²) in [5.41, 5.74) is 0.247. The van der Waals surface area contributed by atoms with Crippen molar-refractivity contribution in [1.82, 2.24) is 5.32 Å². The molecule has 1 unspecified atom stereocenters. The van der Waals surface area contributed by atoms with E-state index in [0.717, 1.165) is 5.56 Å². The van der Waals surface area contributed by atoms with Crippen LogP contribution in [0, 0.1) is 5.82 Å². The van der Waals surface area contributed by atoms with Gasteiger partial charge in [-0.3, -0.25) is 0 Å². The standard InChI is InChI=1S/C14H20FNO3/c1-14(2,3)19-13(18)16-12(9-17)8-10-4-6-11(15)7-5-10/h4-7,12,17H,8-9H2,1-3H3,(H,16,18). The number of aliphatic hydroxyl groups excluding tert-OH is 1. The van der Waals surface area contributed by atoms with Crippen LogP contribution in [0.1, 0.15) is 26.3 Å². The fourth-order valence-corrected chi connectivity index (χ4v) is 1.54. The number of halogens is 1. The number of amides is 1. The summed E-state index contributed by atoms with van der Waals surface area (Å²) in [4.78, 5) is 11.6. The maximum absolute atomic E-state index is 12.8. The van der Waals surface area contributed by atoms with Gasteiger partial charge < -0.3 is 15.2 Å². The third-order valence-corrected chi connectivity index (χ3v) is 2.34. The van der Waals surface area contributed by atoms with Gasteiger partial charge in [0.25, 0.3) is 0 Å². The lowest BCUT2D eigenvalue weighted by molar-refractivity contribution is 0.0483. The normalized spacial score (nSPS) is 12.9. The minimum Gasteiger partial charge on any atom is -0.444 e. The SMILES string of the molecule is CC(C)(C)OC(=O)NC(CO)Cc1ccc(F)cc1. The molecule has 1 aromatic carbocycles. The summed E-state index contributed by atoms with van der Waals surface area (Å²) >= 11 is 0. The molecule has 1 atom stereocenters. The number of carbonyl (C=O) groups is 1. The second-order valence-electron chi connectivity index (χ2n) is 5.36. The first-order valence-corrected chi connectivity index (χ1v) is 6.15. The van der Waals surface area contributed by atoms with Crippen LogP contribution in [0.4, 0.5) is 9.18 Å². The highest BCUT2D eigenvalue weighted by Crippen LogP contribution is 2.09. The summed E-state index contributed by atoms with van der Waals surface area (Å²) in [6.45, 7) is 5.08. The average molecular weight is 269 g/mol. The molecule has 2 N–H and O–H groups in total. The molecule has 0 aromatic heterocycles. The van der Waals surface area contributed by atoms with Crippen LogP contribution in [0.15, 0.2) is 24.3 Å². The number of alkyl carbamates (subject to hydrolysis) is 1. The van der Waals surface area contributed by atoms with Crippen LogP contribution in [0.2, 0.25) is 0 Å². The van der Waals surface area contributed by atoms with Crippen molar-refractivity contribution < 1.29 is 19.0 Å². The lowest BCUT2D eigenvalue weighted by Gasteiger charge is -2.22. The van der Waals surface area contributed by atoms with Gasteiger partial charge in [-0.15, -0.1) is 0 Å². The molecule has 1 amide bonds. The number of benzene rings is 1. The van der Waals surface area contributed by atoms with Crippen molar-refractivity contribution in [2.45, 2.75) is 38.8 Å². The number of carbonyl (C=O) groups excluding carboxylic acids is 1. The first-order valence-electron chi connectivity index (χ1n) is 6.15. The number of nitrogens with one attached hydrogen (secondary N) is 1. The Hall–Kier alpha value is -1.62. The Labute approximate surface area is 112 Å². The molecule has 0 bridgehead atoms. The largest absolute Gasteiger partial charge is 0.444 e. The molecule has 0 fully saturated rings. The average Bonchev–Trinajstić information content (AvgIpc) is 2.28. The molecule has 4 nitrogen and oxygen atoms in total. The predicted octanol–water partition coefficient (Wildman–Crippen LogP) is 2.25. The van der Waals surface area contributed by atoms with Crippen molar-refractivity contribution in [1.29, 1.82) is 0 Å². The van der Waals surface area contributed by atoms with Crippen LogP contribution in [-0.4, -0.2) is 29.4 Å². The molecule has 0 radical (unpaired) electrons. The highest BCUT2D eigenvalue weighted by atomic mass is 19.1. The van der Waals surface area contributed by atoms with Gasteiger partial charge in [0.1, 0.15) is 11.4 Å². The van der Waals surface area contributed by atoms with E-state index in [1.54, 1.807) is 32.9 Å². The van der Waals surface area contributed by atoms with Crippen LogP contribution in [0.3, 0.4) is 0 Å². The van der Waals surface area contributed by atoms with Crippen LogP contribution < -0.4 is 5.32 Å². The van der Waals surface area contributed by atoms with Crippen molar-refractivity contribution >= 4 is 6.09 Å². The number of hydrogen-bond acceptors (Lipinski definition) is 3. The van der Waals surface area contributed by atoms with Crippen molar-refractivity contribution in [3.63, 3.8) is 0 Å². The first-order chi connectivity index (χ1) is 8.80. The van der Waals surface area contributed by atoms with E-state index in [0.29, 0.717) is 6.42 Å². The van der Waals surface area contributed by atoms with Gasteiger partial charge in [0.15, 0.2) is 0 Å². The number of aliphatic hydroxyl groups is 1. The summed E-state index contributed by atoms with van der Waals surface area (Å²) < 4.78 is 17.9. The topological polar surface area (TPSA) is 58.6 Å². The molecule has 5 heteroatoms. The van der Waals surface area contributed by atoms with Gasteiger partial charge in [-0.1, -0.05) is 12.1 Å². The lowest BCUT2D eigenvalue weighted by atomic mass is 10.1. The summed E-state index contributed by atoms with van der Waals surface area (Å²) in [6.07, 6.45) is -0.163. The lowest BCUT2D eigenvalue weighted by Crippen LogP contribution is -2.42. The summed E-state index contributed by atoms with van der Waals surface area (Å²) in [7, 11) is 0. The van der Waals surface area contributed by atoms with E-state index in [1.165, 1.54) is 12.1 Å². The van der Waals surface area contributed by atoms with Crippen LogP contribution in [0.25, 0.3) is 0 Å². The van der Waals surface area contributed by atoms with Gasteiger partial charge in [-0.05, 0) is 44.9 Å². The summed E-state index contributed by atoms with van der Waals surface area (Å²) in [5.74, 6) is -0.315. The number of hydrogen-bond donors (Lipinski definition) is 2. The van der Waals surface area contributed by atoms with Crippen LogP contribution >= 0.6 is 0 Å². The summed E-state index contributed by atoms with van der Waals surface area (Å²) in [5, 5.41) is 11.8. The number of ether oxygens (including phenoxy) is 1. The second kappa shape index (κ2) is 6.52. The Morgan fingerprint density at radius 2 is 1.95 bits per heavy atom. The molecule has 0 saturated carbocycles. The minimum absolute atomic E-state index is 0.212. The molecule has 0 spiro atoms. The molecule has 0 aliphatic rings. The quantitative estimate of drug-likeness (QED) is 0.881. The molecule has 1 rings (SSSR count). The van der Waals surface area contributed by atoms with E-state index < -0.39 is 17.7 Å². The van der Waals surface area contributed by atoms with Crippen molar-refractivity contribution in [3.8, 4) is 0 Å². The van der Waals surface area contributed by atoms with Gasteiger partial charge in [0.2, 0.25) is 0 Å². The van der Waals surface area contributed by atoms with E-state index in [-0.39, 0.29) is 12.4 Å². The van der Waals surface area contributed by atoms with Gasteiger partial charge in [0, 0.05) is 0 Å². The Morgan fingerprint density at radius 3 is 2.42 bits per heavy atom. The molecule has 1 aromatic rings. The molecule has 0 aliphatic carbocycles. The fourth-order valence-electron chi connectivity index (χ4n) is 1.54. The Kier molecular flexibility index (Phi) is 5.30. The third-order valence-electron chi connectivity index (χ3n) is 2.34. The van der Waals surface area contributed by atoms with E-state index in [2.05, 4.69) is 5.32 Å². The van der Waals surface area contributed by atoms with E-state index in [9.17, 15) is 14.3 Å². The van der Waals surface area contributed by atoms with Crippen molar-refractivity contribution in [2.75, 3.05) is 6.61 Å². The molecular weight excluding hydrogens is 249 g/mol.